The fourth-order valence-corrected chi connectivity index (χ4v) is 4.34. The fraction of sp³-hybridized carbons (Fsp3) is 0.444. The van der Waals surface area contributed by atoms with Crippen molar-refractivity contribution in [1.82, 2.24) is 14.5 Å². The standard InChI is InChI=1S/C27H35N3O3/c1-21-5-10-25(22(2)17-21)33-20-27(31)11-4-14-30(15-12-27)18-23-6-8-24(9-7-23)32-19-26-28-13-16-29(26)3/h5-10,13,16-17,31H,4,11-12,14-15,18-20H2,1-3H3. The molecule has 3 aromatic rings. The van der Waals surface area contributed by atoms with E-state index in [4.69, 9.17) is 9.47 Å². The molecule has 1 aliphatic rings. The molecule has 1 saturated heterocycles. The third kappa shape index (κ3) is 6.36. The van der Waals surface area contributed by atoms with Crippen LogP contribution in [0.4, 0.5) is 0 Å². The molecule has 1 atom stereocenters. The van der Waals surface area contributed by atoms with Gasteiger partial charge in [-0.25, -0.2) is 4.98 Å². The highest BCUT2D eigenvalue weighted by atomic mass is 16.5. The molecule has 0 amide bonds. The second-order valence-corrected chi connectivity index (χ2v) is 9.30. The molecule has 0 saturated carbocycles. The van der Waals surface area contributed by atoms with Gasteiger partial charge in [0, 0.05) is 32.5 Å². The van der Waals surface area contributed by atoms with E-state index in [0.29, 0.717) is 19.6 Å². The minimum atomic E-state index is -0.783. The van der Waals surface area contributed by atoms with Gasteiger partial charge < -0.3 is 19.1 Å². The Kier molecular flexibility index (Phi) is 7.36. The maximum Gasteiger partial charge on any atom is 0.146 e. The quantitative estimate of drug-likeness (QED) is 0.552. The van der Waals surface area contributed by atoms with Gasteiger partial charge in [0.25, 0.3) is 0 Å². The minimum Gasteiger partial charge on any atom is -0.490 e. The molecule has 2 aromatic carbocycles. The summed E-state index contributed by atoms with van der Waals surface area (Å²) in [5.74, 6) is 2.61. The monoisotopic (exact) mass is 449 g/mol. The maximum absolute atomic E-state index is 11.2. The Balaban J connectivity index is 1.26. The number of rotatable bonds is 8. The molecule has 6 nitrogen and oxygen atoms in total. The third-order valence-corrected chi connectivity index (χ3v) is 6.46. The molecule has 1 aromatic heterocycles. The summed E-state index contributed by atoms with van der Waals surface area (Å²) < 4.78 is 13.8. The lowest BCUT2D eigenvalue weighted by molar-refractivity contribution is -0.0170. The highest BCUT2D eigenvalue weighted by Gasteiger charge is 2.31. The van der Waals surface area contributed by atoms with Crippen LogP contribution in [0.5, 0.6) is 11.5 Å². The predicted octanol–water partition coefficient (Wildman–Crippen LogP) is 4.41. The smallest absolute Gasteiger partial charge is 0.146 e. The molecule has 2 heterocycles. The Labute approximate surface area is 196 Å². The van der Waals surface area contributed by atoms with Gasteiger partial charge in [-0.15, -0.1) is 0 Å². The molecule has 0 spiro atoms. The molecule has 0 bridgehead atoms. The van der Waals surface area contributed by atoms with Crippen LogP contribution in [0.3, 0.4) is 0 Å². The molecule has 1 N–H and O–H groups in total. The van der Waals surface area contributed by atoms with Crippen LogP contribution >= 0.6 is 0 Å². The van der Waals surface area contributed by atoms with Gasteiger partial charge in [0.1, 0.15) is 30.5 Å². The molecule has 4 rings (SSSR count). The molecule has 0 radical (unpaired) electrons. The molecular formula is C27H35N3O3. The highest BCUT2D eigenvalue weighted by Crippen LogP contribution is 2.27. The number of likely N-dealkylation sites (tertiary alicyclic amines) is 1. The number of hydrogen-bond donors (Lipinski definition) is 1. The van der Waals surface area contributed by atoms with Crippen molar-refractivity contribution >= 4 is 0 Å². The van der Waals surface area contributed by atoms with Crippen molar-refractivity contribution in [3.05, 3.63) is 77.4 Å². The van der Waals surface area contributed by atoms with Crippen LogP contribution < -0.4 is 9.47 Å². The van der Waals surface area contributed by atoms with Gasteiger partial charge in [-0.05, 0) is 69.0 Å². The van der Waals surface area contributed by atoms with E-state index in [1.807, 2.05) is 36.0 Å². The van der Waals surface area contributed by atoms with Gasteiger partial charge in [0.2, 0.25) is 0 Å². The summed E-state index contributed by atoms with van der Waals surface area (Å²) >= 11 is 0. The molecular weight excluding hydrogens is 414 g/mol. The summed E-state index contributed by atoms with van der Waals surface area (Å²) in [6, 6.07) is 14.4. The average molecular weight is 450 g/mol. The van der Waals surface area contributed by atoms with E-state index in [1.165, 1.54) is 11.1 Å². The molecule has 0 aliphatic carbocycles. The summed E-state index contributed by atoms with van der Waals surface area (Å²) in [4.78, 5) is 6.70. The van der Waals surface area contributed by atoms with Crippen LogP contribution in [-0.2, 0) is 20.2 Å². The van der Waals surface area contributed by atoms with Crippen LogP contribution in [-0.4, -0.2) is 44.9 Å². The Bertz CT molecular complexity index is 1050. The van der Waals surface area contributed by atoms with Crippen molar-refractivity contribution in [3.63, 3.8) is 0 Å². The lowest BCUT2D eigenvalue weighted by Crippen LogP contribution is -2.37. The molecule has 1 fully saturated rings. The summed E-state index contributed by atoms with van der Waals surface area (Å²) in [6.45, 7) is 7.62. The number of benzene rings is 2. The molecule has 176 valence electrons. The van der Waals surface area contributed by atoms with Crippen molar-refractivity contribution in [2.45, 2.75) is 51.9 Å². The Hall–Kier alpha value is -2.83. The zero-order chi connectivity index (χ0) is 23.3. The van der Waals surface area contributed by atoms with Crippen LogP contribution in [0, 0.1) is 13.8 Å². The van der Waals surface area contributed by atoms with Crippen molar-refractivity contribution in [2.24, 2.45) is 7.05 Å². The van der Waals surface area contributed by atoms with Gasteiger partial charge >= 0.3 is 0 Å². The van der Waals surface area contributed by atoms with Crippen LogP contribution in [0.2, 0.25) is 0 Å². The normalized spacial score (nSPS) is 19.3. The van der Waals surface area contributed by atoms with Gasteiger partial charge in [-0.1, -0.05) is 29.8 Å². The number of aromatic nitrogens is 2. The first-order valence-electron chi connectivity index (χ1n) is 11.7. The van der Waals surface area contributed by atoms with Crippen molar-refractivity contribution in [2.75, 3.05) is 19.7 Å². The first kappa shape index (κ1) is 23.3. The average Bonchev–Trinajstić information content (AvgIpc) is 3.11. The molecule has 1 aliphatic heterocycles. The number of hydrogen-bond acceptors (Lipinski definition) is 5. The number of nitrogens with zero attached hydrogens (tertiary/aromatic N) is 3. The SMILES string of the molecule is Cc1ccc(OCC2(O)CCCN(Cc3ccc(OCc4nccn4C)cc3)CC2)c(C)c1. The Morgan fingerprint density at radius 3 is 2.58 bits per heavy atom. The number of aliphatic hydroxyl groups is 1. The predicted molar refractivity (Wildman–Crippen MR) is 129 cm³/mol. The van der Waals surface area contributed by atoms with Crippen LogP contribution in [0.1, 0.15) is 41.8 Å². The zero-order valence-corrected chi connectivity index (χ0v) is 20.0. The van der Waals surface area contributed by atoms with E-state index in [-0.39, 0.29) is 0 Å². The molecule has 1 unspecified atom stereocenters. The molecule has 33 heavy (non-hydrogen) atoms. The van der Waals surface area contributed by atoms with Gasteiger partial charge in [-0.3, -0.25) is 4.90 Å². The second-order valence-electron chi connectivity index (χ2n) is 9.30. The van der Waals surface area contributed by atoms with Crippen molar-refractivity contribution in [1.29, 1.82) is 0 Å². The van der Waals surface area contributed by atoms with Crippen LogP contribution in [0.15, 0.2) is 54.9 Å². The lowest BCUT2D eigenvalue weighted by Gasteiger charge is -2.27. The van der Waals surface area contributed by atoms with Crippen molar-refractivity contribution < 1.29 is 14.6 Å². The largest absolute Gasteiger partial charge is 0.490 e. The summed E-state index contributed by atoms with van der Waals surface area (Å²) in [7, 11) is 1.97. The lowest BCUT2D eigenvalue weighted by atomic mass is 9.96. The number of aryl methyl sites for hydroxylation is 3. The van der Waals surface area contributed by atoms with E-state index >= 15 is 0 Å². The third-order valence-electron chi connectivity index (χ3n) is 6.46. The number of imidazole rings is 1. The summed E-state index contributed by atoms with van der Waals surface area (Å²) in [5.41, 5.74) is 2.79. The fourth-order valence-electron chi connectivity index (χ4n) is 4.34. The number of ether oxygens (including phenoxy) is 2. The summed E-state index contributed by atoms with van der Waals surface area (Å²) in [6.07, 6.45) is 6.12. The second kappa shape index (κ2) is 10.4. The highest BCUT2D eigenvalue weighted by molar-refractivity contribution is 5.35. The minimum absolute atomic E-state index is 0.340. The zero-order valence-electron chi connectivity index (χ0n) is 20.0. The van der Waals surface area contributed by atoms with Gasteiger partial charge in [-0.2, -0.15) is 0 Å². The van der Waals surface area contributed by atoms with Crippen LogP contribution in [0.25, 0.3) is 0 Å². The topological polar surface area (TPSA) is 59.8 Å². The van der Waals surface area contributed by atoms with E-state index in [1.54, 1.807) is 6.20 Å². The summed E-state index contributed by atoms with van der Waals surface area (Å²) in [5, 5.41) is 11.2. The first-order chi connectivity index (χ1) is 15.9. The van der Waals surface area contributed by atoms with Gasteiger partial charge in [0.15, 0.2) is 0 Å². The molecule has 6 heteroatoms. The Morgan fingerprint density at radius 2 is 1.85 bits per heavy atom. The van der Waals surface area contributed by atoms with E-state index < -0.39 is 5.60 Å². The van der Waals surface area contributed by atoms with E-state index in [0.717, 1.165) is 55.4 Å². The Morgan fingerprint density at radius 1 is 1.03 bits per heavy atom. The first-order valence-corrected chi connectivity index (χ1v) is 11.7. The van der Waals surface area contributed by atoms with E-state index in [9.17, 15) is 5.11 Å². The van der Waals surface area contributed by atoms with E-state index in [2.05, 4.69) is 48.0 Å². The van der Waals surface area contributed by atoms with Crippen molar-refractivity contribution in [3.8, 4) is 11.5 Å². The maximum atomic E-state index is 11.2. The van der Waals surface area contributed by atoms with Gasteiger partial charge in [0.05, 0.1) is 5.60 Å².